The van der Waals surface area contributed by atoms with Gasteiger partial charge in [0.25, 0.3) is 0 Å². The summed E-state index contributed by atoms with van der Waals surface area (Å²) in [4.78, 5) is 8.41. The fourth-order valence-corrected chi connectivity index (χ4v) is 2.10. The summed E-state index contributed by atoms with van der Waals surface area (Å²) in [7, 11) is 3.33. The molecule has 1 aromatic heterocycles. The van der Waals surface area contributed by atoms with Gasteiger partial charge in [0, 0.05) is 26.9 Å². The number of aliphatic imine (C=N–C) groups is 1. The quantitative estimate of drug-likeness (QED) is 0.634. The van der Waals surface area contributed by atoms with Crippen molar-refractivity contribution in [2.24, 2.45) is 4.99 Å². The van der Waals surface area contributed by atoms with Gasteiger partial charge in [0.1, 0.15) is 5.82 Å². The van der Waals surface area contributed by atoms with Crippen molar-refractivity contribution in [2.75, 3.05) is 20.7 Å². The molecule has 5 nitrogen and oxygen atoms in total. The average molecular weight is 316 g/mol. The standard InChI is InChI=1S/C17H21FN4O/c1-19-17(21-11-15-5-3-4-10-20-15)22-12-16(23-2)13-6-8-14(18)9-7-13/h3-10,16H,11-12H2,1-2H3,(H2,19,21,22). The maximum absolute atomic E-state index is 13.0. The second-order valence-electron chi connectivity index (χ2n) is 4.90. The molecule has 2 aromatic rings. The van der Waals surface area contributed by atoms with Crippen molar-refractivity contribution in [2.45, 2.75) is 12.6 Å². The molecule has 0 spiro atoms. The molecule has 0 saturated carbocycles. The Balaban J connectivity index is 1.87. The molecule has 1 unspecified atom stereocenters. The molecular formula is C17H21FN4O. The molecule has 0 aliphatic heterocycles. The Hall–Kier alpha value is -2.47. The third kappa shape index (κ3) is 5.34. The molecule has 2 rings (SSSR count). The molecule has 0 radical (unpaired) electrons. The predicted molar refractivity (Wildman–Crippen MR) is 88.6 cm³/mol. The third-order valence-corrected chi connectivity index (χ3v) is 3.37. The van der Waals surface area contributed by atoms with E-state index < -0.39 is 0 Å². The SMILES string of the molecule is CN=C(NCc1ccccn1)NCC(OC)c1ccc(F)cc1. The van der Waals surface area contributed by atoms with E-state index in [4.69, 9.17) is 4.74 Å². The van der Waals surface area contributed by atoms with Crippen molar-refractivity contribution in [1.82, 2.24) is 15.6 Å². The molecular weight excluding hydrogens is 295 g/mol. The number of pyridine rings is 1. The number of rotatable bonds is 6. The van der Waals surface area contributed by atoms with Crippen LogP contribution in [0.25, 0.3) is 0 Å². The second kappa shape index (κ2) is 8.85. The highest BCUT2D eigenvalue weighted by Gasteiger charge is 2.11. The largest absolute Gasteiger partial charge is 0.375 e. The van der Waals surface area contributed by atoms with E-state index in [2.05, 4.69) is 20.6 Å². The Morgan fingerprint density at radius 1 is 1.22 bits per heavy atom. The number of hydrogen-bond acceptors (Lipinski definition) is 3. The summed E-state index contributed by atoms with van der Waals surface area (Å²) < 4.78 is 18.4. The van der Waals surface area contributed by atoms with E-state index in [0.29, 0.717) is 19.0 Å². The highest BCUT2D eigenvalue weighted by atomic mass is 19.1. The van der Waals surface area contributed by atoms with Gasteiger partial charge in [-0.3, -0.25) is 9.98 Å². The van der Waals surface area contributed by atoms with Crippen LogP contribution in [0.15, 0.2) is 53.7 Å². The average Bonchev–Trinajstić information content (AvgIpc) is 2.60. The first-order valence-corrected chi connectivity index (χ1v) is 7.35. The minimum Gasteiger partial charge on any atom is -0.375 e. The summed E-state index contributed by atoms with van der Waals surface area (Å²) in [6.45, 7) is 1.10. The summed E-state index contributed by atoms with van der Waals surface area (Å²) in [5.41, 5.74) is 1.83. The number of methoxy groups -OCH3 is 1. The molecule has 1 heterocycles. The minimum atomic E-state index is -0.260. The normalized spacial score (nSPS) is 12.7. The van der Waals surface area contributed by atoms with Crippen LogP contribution in [-0.2, 0) is 11.3 Å². The zero-order valence-electron chi connectivity index (χ0n) is 13.3. The van der Waals surface area contributed by atoms with Crippen LogP contribution in [0.3, 0.4) is 0 Å². The van der Waals surface area contributed by atoms with Crippen LogP contribution in [-0.4, -0.2) is 31.6 Å². The van der Waals surface area contributed by atoms with E-state index in [-0.39, 0.29) is 11.9 Å². The number of benzene rings is 1. The van der Waals surface area contributed by atoms with Gasteiger partial charge in [-0.05, 0) is 29.8 Å². The van der Waals surface area contributed by atoms with Gasteiger partial charge in [-0.15, -0.1) is 0 Å². The van der Waals surface area contributed by atoms with Crippen LogP contribution in [0.4, 0.5) is 4.39 Å². The van der Waals surface area contributed by atoms with Crippen molar-refractivity contribution in [3.05, 3.63) is 65.7 Å². The Morgan fingerprint density at radius 3 is 2.61 bits per heavy atom. The Bertz CT molecular complexity index is 616. The smallest absolute Gasteiger partial charge is 0.191 e. The number of hydrogen-bond donors (Lipinski definition) is 2. The van der Waals surface area contributed by atoms with Crippen molar-refractivity contribution in [1.29, 1.82) is 0 Å². The Labute approximate surface area is 135 Å². The number of guanidine groups is 1. The summed E-state index contributed by atoms with van der Waals surface area (Å²) in [6.07, 6.45) is 1.56. The fourth-order valence-electron chi connectivity index (χ4n) is 2.10. The molecule has 2 N–H and O–H groups in total. The summed E-state index contributed by atoms with van der Waals surface area (Å²) in [6, 6.07) is 12.0. The summed E-state index contributed by atoms with van der Waals surface area (Å²) >= 11 is 0. The Kier molecular flexibility index (Phi) is 6.50. The van der Waals surface area contributed by atoms with Gasteiger partial charge >= 0.3 is 0 Å². The fraction of sp³-hybridized carbons (Fsp3) is 0.294. The van der Waals surface area contributed by atoms with Gasteiger partial charge in [-0.1, -0.05) is 18.2 Å². The third-order valence-electron chi connectivity index (χ3n) is 3.37. The van der Waals surface area contributed by atoms with Crippen molar-refractivity contribution in [3.8, 4) is 0 Å². The molecule has 0 aliphatic rings. The van der Waals surface area contributed by atoms with E-state index in [1.54, 1.807) is 32.5 Å². The van der Waals surface area contributed by atoms with E-state index >= 15 is 0 Å². The van der Waals surface area contributed by atoms with Crippen molar-refractivity contribution in [3.63, 3.8) is 0 Å². The van der Waals surface area contributed by atoms with Gasteiger partial charge < -0.3 is 15.4 Å². The lowest BCUT2D eigenvalue weighted by Gasteiger charge is -2.18. The van der Waals surface area contributed by atoms with Crippen molar-refractivity contribution >= 4 is 5.96 Å². The minimum absolute atomic E-state index is 0.191. The highest BCUT2D eigenvalue weighted by molar-refractivity contribution is 5.79. The highest BCUT2D eigenvalue weighted by Crippen LogP contribution is 2.15. The number of nitrogens with zero attached hydrogens (tertiary/aromatic N) is 2. The van der Waals surface area contributed by atoms with Crippen molar-refractivity contribution < 1.29 is 9.13 Å². The maximum atomic E-state index is 13.0. The molecule has 1 atom stereocenters. The summed E-state index contributed by atoms with van der Waals surface area (Å²) in [5, 5.41) is 6.38. The number of nitrogens with one attached hydrogen (secondary N) is 2. The molecule has 1 aromatic carbocycles. The van der Waals surface area contributed by atoms with Gasteiger partial charge in [-0.2, -0.15) is 0 Å². The molecule has 0 saturated heterocycles. The molecule has 0 aliphatic carbocycles. The second-order valence-corrected chi connectivity index (χ2v) is 4.90. The molecule has 23 heavy (non-hydrogen) atoms. The lowest BCUT2D eigenvalue weighted by Crippen LogP contribution is -2.39. The van der Waals surface area contributed by atoms with Gasteiger partial charge in [0.2, 0.25) is 0 Å². The number of aromatic nitrogens is 1. The molecule has 6 heteroatoms. The van der Waals surface area contributed by atoms with Gasteiger partial charge in [0.05, 0.1) is 18.3 Å². The van der Waals surface area contributed by atoms with E-state index in [0.717, 1.165) is 11.3 Å². The first-order valence-electron chi connectivity index (χ1n) is 7.35. The van der Waals surface area contributed by atoms with Gasteiger partial charge in [-0.25, -0.2) is 4.39 Å². The van der Waals surface area contributed by atoms with Crippen LogP contribution in [0, 0.1) is 5.82 Å². The first-order chi connectivity index (χ1) is 11.2. The van der Waals surface area contributed by atoms with Crippen LogP contribution < -0.4 is 10.6 Å². The van der Waals surface area contributed by atoms with Crippen LogP contribution in [0.2, 0.25) is 0 Å². The lowest BCUT2D eigenvalue weighted by molar-refractivity contribution is 0.106. The lowest BCUT2D eigenvalue weighted by atomic mass is 10.1. The van der Waals surface area contributed by atoms with E-state index in [1.165, 1.54) is 12.1 Å². The van der Waals surface area contributed by atoms with Crippen LogP contribution in [0.1, 0.15) is 17.4 Å². The van der Waals surface area contributed by atoms with E-state index in [9.17, 15) is 4.39 Å². The van der Waals surface area contributed by atoms with E-state index in [1.807, 2.05) is 18.2 Å². The molecule has 122 valence electrons. The zero-order chi connectivity index (χ0) is 16.5. The molecule has 0 amide bonds. The Morgan fingerprint density at radius 2 is 2.00 bits per heavy atom. The number of ether oxygens (including phenoxy) is 1. The maximum Gasteiger partial charge on any atom is 0.191 e. The van der Waals surface area contributed by atoms with Crippen LogP contribution in [0.5, 0.6) is 0 Å². The van der Waals surface area contributed by atoms with Gasteiger partial charge in [0.15, 0.2) is 5.96 Å². The monoisotopic (exact) mass is 316 g/mol. The van der Waals surface area contributed by atoms with Crippen LogP contribution >= 0.6 is 0 Å². The zero-order valence-corrected chi connectivity index (χ0v) is 13.3. The molecule has 0 bridgehead atoms. The first kappa shape index (κ1) is 16.9. The molecule has 0 fully saturated rings. The summed E-state index contributed by atoms with van der Waals surface area (Å²) in [5.74, 6) is 0.393. The predicted octanol–water partition coefficient (Wildman–Crippen LogP) is 2.27. The number of halogens is 1. The topological polar surface area (TPSA) is 58.5 Å².